The number of hydrogen-bond donors (Lipinski definition) is 1. The number of fused-ring (bicyclic) bond motifs is 1. The summed E-state index contributed by atoms with van der Waals surface area (Å²) in [5.74, 6) is 1.01. The molecule has 2 rings (SSSR count). The van der Waals surface area contributed by atoms with Crippen molar-refractivity contribution in [1.82, 2.24) is 15.2 Å². The van der Waals surface area contributed by atoms with Crippen LogP contribution in [0.5, 0.6) is 0 Å². The molecule has 0 spiro atoms. The Labute approximate surface area is 94.3 Å². The van der Waals surface area contributed by atoms with Gasteiger partial charge in [-0.15, -0.1) is 0 Å². The zero-order chi connectivity index (χ0) is 11.7. The fourth-order valence-electron chi connectivity index (χ4n) is 1.55. The number of H-pyrrole nitrogens is 1. The van der Waals surface area contributed by atoms with Gasteiger partial charge in [-0.25, -0.2) is 4.98 Å². The lowest BCUT2D eigenvalue weighted by Gasteiger charge is -2.05. The zero-order valence-corrected chi connectivity index (χ0v) is 9.74. The third kappa shape index (κ3) is 1.66. The molecule has 2 heterocycles. The van der Waals surface area contributed by atoms with Crippen LogP contribution in [0.4, 0.5) is 0 Å². The molecule has 0 aromatic carbocycles. The van der Waals surface area contributed by atoms with E-state index in [1.54, 1.807) is 7.11 Å². The average molecular weight is 217 g/mol. The minimum absolute atomic E-state index is 0.440. The van der Waals surface area contributed by atoms with Crippen molar-refractivity contribution in [1.29, 1.82) is 0 Å². The summed E-state index contributed by atoms with van der Waals surface area (Å²) in [6.45, 7) is 8.08. The lowest BCUT2D eigenvalue weighted by atomic mass is 10.0. The Balaban J connectivity index is 2.60. The van der Waals surface area contributed by atoms with Crippen molar-refractivity contribution in [3.63, 3.8) is 0 Å². The molecule has 0 radical (unpaired) electrons. The Kier molecular flexibility index (Phi) is 2.64. The van der Waals surface area contributed by atoms with Gasteiger partial charge in [-0.05, 0) is 17.5 Å². The molecule has 2 aromatic heterocycles. The highest BCUT2D eigenvalue weighted by Crippen LogP contribution is 2.24. The Hall–Kier alpha value is -1.84. The Morgan fingerprint density at radius 1 is 1.50 bits per heavy atom. The van der Waals surface area contributed by atoms with E-state index in [9.17, 15) is 0 Å². The van der Waals surface area contributed by atoms with Crippen LogP contribution in [0.25, 0.3) is 16.8 Å². The monoisotopic (exact) mass is 217 g/mol. The zero-order valence-electron chi connectivity index (χ0n) is 9.74. The summed E-state index contributed by atoms with van der Waals surface area (Å²) >= 11 is 0. The Morgan fingerprint density at radius 3 is 2.88 bits per heavy atom. The van der Waals surface area contributed by atoms with E-state index in [2.05, 4.69) is 41.7 Å². The van der Waals surface area contributed by atoms with E-state index in [-0.39, 0.29) is 0 Å². The largest absolute Gasteiger partial charge is 0.495 e. The maximum Gasteiger partial charge on any atom is 0.181 e. The predicted molar refractivity (Wildman–Crippen MR) is 64.0 cm³/mol. The normalized spacial score (nSPS) is 11.0. The molecular weight excluding hydrogens is 202 g/mol. The SMILES string of the molecule is C=C(OC)c1[nH]nc2ncc(C(C)C)cc12. The number of hydrogen-bond acceptors (Lipinski definition) is 3. The van der Waals surface area contributed by atoms with Gasteiger partial charge in [-0.3, -0.25) is 5.10 Å². The van der Waals surface area contributed by atoms with Crippen LogP contribution in [-0.4, -0.2) is 22.3 Å². The summed E-state index contributed by atoms with van der Waals surface area (Å²) < 4.78 is 5.11. The molecule has 4 nitrogen and oxygen atoms in total. The topological polar surface area (TPSA) is 50.8 Å². The summed E-state index contributed by atoms with van der Waals surface area (Å²) in [4.78, 5) is 4.30. The molecule has 0 saturated heterocycles. The first-order chi connectivity index (χ1) is 7.63. The van der Waals surface area contributed by atoms with Crippen molar-refractivity contribution < 1.29 is 4.74 Å². The number of aromatic nitrogens is 3. The minimum atomic E-state index is 0.440. The second-order valence-electron chi connectivity index (χ2n) is 4.02. The van der Waals surface area contributed by atoms with Crippen molar-refractivity contribution >= 4 is 16.8 Å². The number of nitrogens with one attached hydrogen (secondary N) is 1. The summed E-state index contributed by atoms with van der Waals surface area (Å²) in [7, 11) is 1.59. The molecule has 1 N–H and O–H groups in total. The summed E-state index contributed by atoms with van der Waals surface area (Å²) in [6.07, 6.45) is 1.85. The maximum absolute atomic E-state index is 5.11. The highest BCUT2D eigenvalue weighted by molar-refractivity contribution is 5.86. The van der Waals surface area contributed by atoms with Crippen LogP contribution in [0.2, 0.25) is 0 Å². The lowest BCUT2D eigenvalue weighted by Crippen LogP contribution is -1.90. The van der Waals surface area contributed by atoms with Crippen LogP contribution >= 0.6 is 0 Å². The van der Waals surface area contributed by atoms with Crippen LogP contribution in [0.3, 0.4) is 0 Å². The molecule has 0 aliphatic carbocycles. The molecule has 0 aliphatic rings. The fraction of sp³-hybridized carbons (Fsp3) is 0.333. The van der Waals surface area contributed by atoms with E-state index in [0.717, 1.165) is 11.1 Å². The van der Waals surface area contributed by atoms with E-state index < -0.39 is 0 Å². The number of aromatic amines is 1. The molecule has 2 aromatic rings. The Morgan fingerprint density at radius 2 is 2.25 bits per heavy atom. The van der Waals surface area contributed by atoms with E-state index in [1.807, 2.05) is 6.20 Å². The van der Waals surface area contributed by atoms with Gasteiger partial charge >= 0.3 is 0 Å². The van der Waals surface area contributed by atoms with Crippen LogP contribution < -0.4 is 0 Å². The summed E-state index contributed by atoms with van der Waals surface area (Å²) in [6, 6.07) is 2.08. The third-order valence-electron chi connectivity index (χ3n) is 2.62. The summed E-state index contributed by atoms with van der Waals surface area (Å²) in [5, 5.41) is 7.96. The first-order valence-corrected chi connectivity index (χ1v) is 5.20. The summed E-state index contributed by atoms with van der Waals surface area (Å²) in [5.41, 5.74) is 2.67. The van der Waals surface area contributed by atoms with Gasteiger partial charge in [0, 0.05) is 6.20 Å². The van der Waals surface area contributed by atoms with Gasteiger partial charge in [0.25, 0.3) is 0 Å². The van der Waals surface area contributed by atoms with Gasteiger partial charge in [0.2, 0.25) is 0 Å². The quantitative estimate of drug-likeness (QED) is 0.804. The van der Waals surface area contributed by atoms with Gasteiger partial charge in [0.15, 0.2) is 5.65 Å². The van der Waals surface area contributed by atoms with Gasteiger partial charge in [0.1, 0.15) is 11.5 Å². The fourth-order valence-corrected chi connectivity index (χ4v) is 1.55. The van der Waals surface area contributed by atoms with Crippen molar-refractivity contribution in [3.8, 4) is 0 Å². The first-order valence-electron chi connectivity index (χ1n) is 5.20. The molecule has 0 saturated carbocycles. The molecule has 0 atom stereocenters. The number of nitrogens with zero attached hydrogens (tertiary/aromatic N) is 2. The molecule has 0 bridgehead atoms. The van der Waals surface area contributed by atoms with Crippen molar-refractivity contribution in [2.75, 3.05) is 7.11 Å². The molecule has 0 aliphatic heterocycles. The average Bonchev–Trinajstić information content (AvgIpc) is 2.70. The number of rotatable bonds is 3. The van der Waals surface area contributed by atoms with Gasteiger partial charge in [-0.1, -0.05) is 20.4 Å². The van der Waals surface area contributed by atoms with Crippen LogP contribution in [0.1, 0.15) is 31.0 Å². The van der Waals surface area contributed by atoms with Crippen LogP contribution in [0.15, 0.2) is 18.8 Å². The van der Waals surface area contributed by atoms with Crippen molar-refractivity contribution in [2.24, 2.45) is 0 Å². The molecule has 0 amide bonds. The third-order valence-corrected chi connectivity index (χ3v) is 2.62. The van der Waals surface area contributed by atoms with E-state index in [1.165, 1.54) is 5.56 Å². The maximum atomic E-state index is 5.11. The van der Waals surface area contributed by atoms with Crippen molar-refractivity contribution in [3.05, 3.63) is 30.1 Å². The highest BCUT2D eigenvalue weighted by atomic mass is 16.5. The number of methoxy groups -OCH3 is 1. The molecule has 0 unspecified atom stereocenters. The van der Waals surface area contributed by atoms with Gasteiger partial charge in [0.05, 0.1) is 12.5 Å². The second-order valence-corrected chi connectivity index (χ2v) is 4.02. The predicted octanol–water partition coefficient (Wildman–Crippen LogP) is 2.70. The second kappa shape index (κ2) is 3.96. The number of pyridine rings is 1. The van der Waals surface area contributed by atoms with E-state index in [0.29, 0.717) is 17.3 Å². The minimum Gasteiger partial charge on any atom is -0.495 e. The Bertz CT molecular complexity index is 528. The van der Waals surface area contributed by atoms with Crippen LogP contribution in [-0.2, 0) is 4.74 Å². The molecule has 84 valence electrons. The van der Waals surface area contributed by atoms with Gasteiger partial charge in [-0.2, -0.15) is 5.10 Å². The number of ether oxygens (including phenoxy) is 1. The molecule has 0 fully saturated rings. The van der Waals surface area contributed by atoms with E-state index >= 15 is 0 Å². The molecular formula is C12H15N3O. The standard InChI is InChI=1S/C12H15N3O/c1-7(2)9-5-10-11(8(3)16-4)14-15-12(10)13-6-9/h5-7H,3H2,1-2,4H3,(H,13,14,15). The first kappa shape index (κ1) is 10.7. The molecule has 16 heavy (non-hydrogen) atoms. The van der Waals surface area contributed by atoms with Gasteiger partial charge < -0.3 is 4.74 Å². The van der Waals surface area contributed by atoms with Crippen molar-refractivity contribution in [2.45, 2.75) is 19.8 Å². The van der Waals surface area contributed by atoms with E-state index in [4.69, 9.17) is 4.74 Å². The smallest absolute Gasteiger partial charge is 0.181 e. The van der Waals surface area contributed by atoms with Crippen LogP contribution in [0, 0.1) is 0 Å². The highest BCUT2D eigenvalue weighted by Gasteiger charge is 2.11. The lowest BCUT2D eigenvalue weighted by molar-refractivity contribution is 0.370. The molecule has 4 heteroatoms.